The van der Waals surface area contributed by atoms with Crippen LogP contribution in [0.2, 0.25) is 0 Å². The fourth-order valence-electron chi connectivity index (χ4n) is 1.72. The number of hydrogen-bond acceptors (Lipinski definition) is 3. The molecule has 1 aliphatic rings. The molecule has 1 rings (SSSR count). The van der Waals surface area contributed by atoms with Crippen molar-refractivity contribution in [1.82, 2.24) is 0 Å². The SMILES string of the molecule is CC=C1C(C)OC=C(C(=O)OC)C1C. The fraction of sp³-hybridized carbons (Fsp3) is 0.545. The van der Waals surface area contributed by atoms with Crippen molar-refractivity contribution in [3.63, 3.8) is 0 Å². The van der Waals surface area contributed by atoms with Gasteiger partial charge in [-0.05, 0) is 19.4 Å². The summed E-state index contributed by atoms with van der Waals surface area (Å²) in [6.45, 7) is 5.90. The van der Waals surface area contributed by atoms with Gasteiger partial charge in [0.2, 0.25) is 0 Å². The van der Waals surface area contributed by atoms with E-state index in [4.69, 9.17) is 4.74 Å². The van der Waals surface area contributed by atoms with Gasteiger partial charge in [0, 0.05) is 5.92 Å². The van der Waals surface area contributed by atoms with Gasteiger partial charge in [0.25, 0.3) is 0 Å². The molecule has 0 aliphatic carbocycles. The maximum absolute atomic E-state index is 11.3. The summed E-state index contributed by atoms with van der Waals surface area (Å²) in [5.74, 6) is -0.236. The molecule has 2 atom stereocenters. The van der Waals surface area contributed by atoms with Gasteiger partial charge in [-0.25, -0.2) is 4.79 Å². The average molecular weight is 196 g/mol. The summed E-state index contributed by atoms with van der Waals surface area (Å²) in [6, 6.07) is 0. The van der Waals surface area contributed by atoms with Gasteiger partial charge in [0.1, 0.15) is 6.10 Å². The molecule has 0 spiro atoms. The van der Waals surface area contributed by atoms with Crippen LogP contribution in [0, 0.1) is 5.92 Å². The summed E-state index contributed by atoms with van der Waals surface area (Å²) < 4.78 is 10.0. The highest BCUT2D eigenvalue weighted by molar-refractivity contribution is 5.89. The summed E-state index contributed by atoms with van der Waals surface area (Å²) >= 11 is 0. The summed E-state index contributed by atoms with van der Waals surface area (Å²) in [5, 5.41) is 0. The van der Waals surface area contributed by atoms with Crippen LogP contribution in [0.1, 0.15) is 20.8 Å². The van der Waals surface area contributed by atoms with Crippen molar-refractivity contribution in [1.29, 1.82) is 0 Å². The third-order valence-corrected chi connectivity index (χ3v) is 2.59. The predicted octanol–water partition coefficient (Wildman–Crippen LogP) is 2.04. The second kappa shape index (κ2) is 4.31. The lowest BCUT2D eigenvalue weighted by atomic mass is 9.88. The Morgan fingerprint density at radius 2 is 2.21 bits per heavy atom. The van der Waals surface area contributed by atoms with E-state index in [0.717, 1.165) is 5.57 Å². The molecule has 0 bridgehead atoms. The Kier molecular flexibility index (Phi) is 3.33. The molecule has 0 saturated heterocycles. The van der Waals surface area contributed by atoms with Crippen molar-refractivity contribution >= 4 is 5.97 Å². The Morgan fingerprint density at radius 1 is 1.57 bits per heavy atom. The first kappa shape index (κ1) is 10.8. The minimum absolute atomic E-state index is 0.0448. The van der Waals surface area contributed by atoms with Gasteiger partial charge in [-0.2, -0.15) is 0 Å². The number of rotatable bonds is 1. The lowest BCUT2D eigenvalue weighted by Gasteiger charge is -2.27. The number of hydrogen-bond donors (Lipinski definition) is 0. The summed E-state index contributed by atoms with van der Waals surface area (Å²) in [6.07, 6.45) is 3.54. The molecule has 0 aromatic rings. The molecule has 78 valence electrons. The third kappa shape index (κ3) is 1.81. The maximum atomic E-state index is 11.3. The smallest absolute Gasteiger partial charge is 0.337 e. The van der Waals surface area contributed by atoms with Crippen LogP contribution in [0.4, 0.5) is 0 Å². The first-order valence-corrected chi connectivity index (χ1v) is 4.71. The molecule has 3 nitrogen and oxygen atoms in total. The molecule has 1 aliphatic heterocycles. The number of carbonyl (C=O) groups excluding carboxylic acids is 1. The molecular formula is C11H16O3. The molecule has 0 saturated carbocycles. The lowest BCUT2D eigenvalue weighted by Crippen LogP contribution is -2.25. The van der Waals surface area contributed by atoms with Crippen molar-refractivity contribution in [2.24, 2.45) is 5.92 Å². The topological polar surface area (TPSA) is 35.5 Å². The Labute approximate surface area is 84.4 Å². The van der Waals surface area contributed by atoms with Crippen molar-refractivity contribution in [2.45, 2.75) is 26.9 Å². The standard InChI is InChI=1S/C11H16O3/c1-5-9-7(2)10(11(12)13-4)6-14-8(9)3/h5-8H,1-4H3. The number of methoxy groups -OCH3 is 1. The summed E-state index contributed by atoms with van der Waals surface area (Å²) in [4.78, 5) is 11.3. The van der Waals surface area contributed by atoms with E-state index in [0.29, 0.717) is 5.57 Å². The van der Waals surface area contributed by atoms with E-state index in [1.54, 1.807) is 0 Å². The van der Waals surface area contributed by atoms with E-state index in [1.165, 1.54) is 13.4 Å². The van der Waals surface area contributed by atoms with Gasteiger partial charge in [0.15, 0.2) is 0 Å². The largest absolute Gasteiger partial charge is 0.493 e. The summed E-state index contributed by atoms with van der Waals surface area (Å²) in [7, 11) is 1.38. The number of allylic oxidation sites excluding steroid dienone is 1. The molecule has 0 fully saturated rings. The first-order chi connectivity index (χ1) is 6.61. The average Bonchev–Trinajstić information content (AvgIpc) is 2.18. The van der Waals surface area contributed by atoms with Crippen LogP contribution in [0.5, 0.6) is 0 Å². The molecule has 0 radical (unpaired) electrons. The van der Waals surface area contributed by atoms with E-state index >= 15 is 0 Å². The van der Waals surface area contributed by atoms with E-state index in [9.17, 15) is 4.79 Å². The molecular weight excluding hydrogens is 180 g/mol. The fourth-order valence-corrected chi connectivity index (χ4v) is 1.72. The monoisotopic (exact) mass is 196 g/mol. The summed E-state index contributed by atoms with van der Waals surface area (Å²) in [5.41, 5.74) is 1.70. The van der Waals surface area contributed by atoms with Gasteiger partial charge in [0.05, 0.1) is 18.9 Å². The molecule has 0 aromatic heterocycles. The zero-order chi connectivity index (χ0) is 10.7. The molecule has 3 heteroatoms. The zero-order valence-corrected chi connectivity index (χ0v) is 9.03. The minimum atomic E-state index is -0.316. The van der Waals surface area contributed by atoms with Crippen LogP contribution in [-0.4, -0.2) is 19.2 Å². The van der Waals surface area contributed by atoms with Gasteiger partial charge >= 0.3 is 5.97 Å². The van der Waals surface area contributed by atoms with Crippen LogP contribution in [0.25, 0.3) is 0 Å². The second-order valence-corrected chi connectivity index (χ2v) is 3.35. The Bertz CT molecular complexity index is 289. The van der Waals surface area contributed by atoms with E-state index in [1.807, 2.05) is 26.8 Å². The normalized spacial score (nSPS) is 29.4. The second-order valence-electron chi connectivity index (χ2n) is 3.35. The molecule has 0 aromatic carbocycles. The quantitative estimate of drug-likeness (QED) is 0.475. The third-order valence-electron chi connectivity index (χ3n) is 2.59. The molecule has 0 amide bonds. The first-order valence-electron chi connectivity index (χ1n) is 4.71. The zero-order valence-electron chi connectivity index (χ0n) is 9.03. The van der Waals surface area contributed by atoms with Crippen LogP contribution >= 0.6 is 0 Å². The maximum Gasteiger partial charge on any atom is 0.337 e. The highest BCUT2D eigenvalue weighted by Crippen LogP contribution is 2.29. The van der Waals surface area contributed by atoms with Crippen LogP contribution in [0.3, 0.4) is 0 Å². The predicted molar refractivity (Wildman–Crippen MR) is 53.6 cm³/mol. The number of esters is 1. The Balaban J connectivity index is 2.95. The molecule has 1 heterocycles. The van der Waals surface area contributed by atoms with Gasteiger partial charge < -0.3 is 9.47 Å². The highest BCUT2D eigenvalue weighted by Gasteiger charge is 2.28. The molecule has 0 N–H and O–H groups in total. The Morgan fingerprint density at radius 3 is 2.71 bits per heavy atom. The van der Waals surface area contributed by atoms with Gasteiger partial charge in [-0.3, -0.25) is 0 Å². The van der Waals surface area contributed by atoms with Gasteiger partial charge in [-0.15, -0.1) is 0 Å². The number of ether oxygens (including phenoxy) is 2. The number of carbonyl (C=O) groups is 1. The van der Waals surface area contributed by atoms with Crippen LogP contribution in [0.15, 0.2) is 23.5 Å². The van der Waals surface area contributed by atoms with Crippen LogP contribution in [-0.2, 0) is 14.3 Å². The lowest BCUT2D eigenvalue weighted by molar-refractivity contribution is -0.137. The van der Waals surface area contributed by atoms with E-state index in [-0.39, 0.29) is 18.0 Å². The van der Waals surface area contributed by atoms with Crippen molar-refractivity contribution in [2.75, 3.05) is 7.11 Å². The van der Waals surface area contributed by atoms with Crippen molar-refractivity contribution < 1.29 is 14.3 Å². The van der Waals surface area contributed by atoms with Gasteiger partial charge in [-0.1, -0.05) is 13.0 Å². The van der Waals surface area contributed by atoms with Crippen LogP contribution < -0.4 is 0 Å². The highest BCUT2D eigenvalue weighted by atomic mass is 16.5. The van der Waals surface area contributed by atoms with Crippen molar-refractivity contribution in [3.05, 3.63) is 23.5 Å². The molecule has 2 unspecified atom stereocenters. The van der Waals surface area contributed by atoms with Crippen molar-refractivity contribution in [3.8, 4) is 0 Å². The minimum Gasteiger partial charge on any atom is -0.493 e. The van der Waals surface area contributed by atoms with E-state index < -0.39 is 0 Å². The molecule has 14 heavy (non-hydrogen) atoms. The Hall–Kier alpha value is -1.25. The van der Waals surface area contributed by atoms with E-state index in [2.05, 4.69) is 4.74 Å².